The Labute approximate surface area is 163 Å². The smallest absolute Gasteiger partial charge is 0.337 e. The van der Waals surface area contributed by atoms with E-state index in [1.165, 1.54) is 18.5 Å². The van der Waals surface area contributed by atoms with Crippen LogP contribution in [0.5, 0.6) is 6.01 Å². The van der Waals surface area contributed by atoms with Crippen molar-refractivity contribution in [1.82, 2.24) is 19.9 Å². The van der Waals surface area contributed by atoms with E-state index in [0.717, 1.165) is 0 Å². The highest BCUT2D eigenvalue weighted by atomic mass is 19.1. The van der Waals surface area contributed by atoms with Crippen LogP contribution < -0.4 is 15.9 Å². The number of halogens is 1. The zero-order valence-electron chi connectivity index (χ0n) is 15.3. The molecule has 0 fully saturated rings. The first kappa shape index (κ1) is 18.5. The van der Waals surface area contributed by atoms with Crippen LogP contribution in [0.4, 0.5) is 4.39 Å². The number of aryl methyl sites for hydroxylation is 1. The van der Waals surface area contributed by atoms with E-state index in [0.29, 0.717) is 23.1 Å². The molecular weight excluding hydrogens is 379 g/mol. The zero-order valence-corrected chi connectivity index (χ0v) is 15.3. The molecular formula is C20H15FN4O4. The summed E-state index contributed by atoms with van der Waals surface area (Å²) in [5, 5.41) is 0.195. The average Bonchev–Trinajstić information content (AvgIpc) is 2.72. The number of hydrogen-bond donors (Lipinski definition) is 1. The lowest BCUT2D eigenvalue weighted by molar-refractivity contribution is 0.274. The second-order valence-corrected chi connectivity index (χ2v) is 6.22. The van der Waals surface area contributed by atoms with Crippen molar-refractivity contribution in [2.75, 3.05) is 0 Å². The minimum Gasteiger partial charge on any atom is -0.460 e. The first-order valence-corrected chi connectivity index (χ1v) is 8.79. The fraction of sp³-hybridized carbons (Fsp3) is 0.150. The minimum atomic E-state index is -0.607. The molecule has 9 heteroatoms. The van der Waals surface area contributed by atoms with Crippen molar-refractivity contribution < 1.29 is 13.5 Å². The molecule has 0 radical (unpaired) electrons. The topological polar surface area (TPSA) is 111 Å². The largest absolute Gasteiger partial charge is 0.460 e. The van der Waals surface area contributed by atoms with E-state index in [2.05, 4.69) is 19.9 Å². The molecule has 4 rings (SSSR count). The third kappa shape index (κ3) is 3.75. The number of nitrogens with one attached hydrogen (secondary N) is 1. The molecule has 0 bridgehead atoms. The van der Waals surface area contributed by atoms with Gasteiger partial charge in [0.1, 0.15) is 24.1 Å². The number of aromatic nitrogens is 4. The van der Waals surface area contributed by atoms with Gasteiger partial charge in [-0.05, 0) is 23.6 Å². The fourth-order valence-corrected chi connectivity index (χ4v) is 2.91. The molecule has 0 aliphatic heterocycles. The van der Waals surface area contributed by atoms with Crippen LogP contribution in [-0.4, -0.2) is 19.9 Å². The molecule has 0 aliphatic carbocycles. The Morgan fingerprint density at radius 3 is 2.62 bits per heavy atom. The summed E-state index contributed by atoms with van der Waals surface area (Å²) >= 11 is 0. The molecule has 0 saturated heterocycles. The van der Waals surface area contributed by atoms with Gasteiger partial charge in [0, 0.05) is 29.6 Å². The van der Waals surface area contributed by atoms with Gasteiger partial charge in [-0.2, -0.15) is 4.98 Å². The lowest BCUT2D eigenvalue weighted by Crippen LogP contribution is -2.15. The van der Waals surface area contributed by atoms with Gasteiger partial charge in [0.15, 0.2) is 0 Å². The summed E-state index contributed by atoms with van der Waals surface area (Å²) in [7, 11) is 0. The van der Waals surface area contributed by atoms with E-state index in [1.807, 2.05) is 6.92 Å². The van der Waals surface area contributed by atoms with Crippen LogP contribution in [0.15, 0.2) is 57.0 Å². The molecule has 29 heavy (non-hydrogen) atoms. The first-order chi connectivity index (χ1) is 14.0. The van der Waals surface area contributed by atoms with Crippen LogP contribution >= 0.6 is 0 Å². The van der Waals surface area contributed by atoms with Gasteiger partial charge in [0.2, 0.25) is 5.71 Å². The van der Waals surface area contributed by atoms with Crippen LogP contribution in [-0.2, 0) is 13.0 Å². The van der Waals surface area contributed by atoms with Gasteiger partial charge in [-0.3, -0.25) is 9.78 Å². The van der Waals surface area contributed by atoms with Crippen molar-refractivity contribution >= 4 is 11.1 Å². The number of benzene rings is 1. The minimum absolute atomic E-state index is 0.118. The molecule has 4 aromatic rings. The van der Waals surface area contributed by atoms with Crippen molar-refractivity contribution in [2.24, 2.45) is 0 Å². The maximum atomic E-state index is 14.4. The van der Waals surface area contributed by atoms with Crippen LogP contribution in [0.2, 0.25) is 0 Å². The maximum Gasteiger partial charge on any atom is 0.337 e. The lowest BCUT2D eigenvalue weighted by Gasteiger charge is -2.08. The average molecular weight is 394 g/mol. The Morgan fingerprint density at radius 2 is 1.90 bits per heavy atom. The Hall–Kier alpha value is -3.88. The van der Waals surface area contributed by atoms with Gasteiger partial charge in [-0.1, -0.05) is 19.1 Å². The predicted octanol–water partition coefficient (Wildman–Crippen LogP) is 2.61. The summed E-state index contributed by atoms with van der Waals surface area (Å²) in [5.41, 5.74) is 0.878. The summed E-state index contributed by atoms with van der Waals surface area (Å²) in [6.45, 7) is 1.63. The van der Waals surface area contributed by atoms with E-state index in [1.54, 1.807) is 24.5 Å². The molecule has 1 N–H and O–H groups in total. The third-order valence-corrected chi connectivity index (χ3v) is 4.37. The number of ether oxygens (including phenoxy) is 1. The van der Waals surface area contributed by atoms with Crippen LogP contribution in [0.1, 0.15) is 18.1 Å². The standard InChI is InChI=1S/C20H15FN4O4/c1-2-11-6-16(26)29-19-17(11)18(27)24-20(25-19)28-9-13-4-3-12(5-15(13)21)14-7-22-10-23-8-14/h3-8,10H,2,9H2,1H3,(H,24,25,27). The monoisotopic (exact) mass is 394 g/mol. The summed E-state index contributed by atoms with van der Waals surface area (Å²) < 4.78 is 24.9. The Kier molecular flexibility index (Phi) is 4.86. The van der Waals surface area contributed by atoms with Gasteiger partial charge in [-0.15, -0.1) is 0 Å². The van der Waals surface area contributed by atoms with Crippen molar-refractivity contribution in [3.05, 3.63) is 80.7 Å². The summed E-state index contributed by atoms with van der Waals surface area (Å²) in [6.07, 6.45) is 5.03. The highest BCUT2D eigenvalue weighted by Gasteiger charge is 2.13. The van der Waals surface area contributed by atoms with Crippen LogP contribution in [0.3, 0.4) is 0 Å². The van der Waals surface area contributed by atoms with Gasteiger partial charge in [-0.25, -0.2) is 19.2 Å². The molecule has 0 amide bonds. The molecule has 0 spiro atoms. The molecule has 0 aliphatic rings. The third-order valence-electron chi connectivity index (χ3n) is 4.37. The molecule has 8 nitrogen and oxygen atoms in total. The van der Waals surface area contributed by atoms with Gasteiger partial charge in [0.05, 0.1) is 0 Å². The lowest BCUT2D eigenvalue weighted by atomic mass is 10.1. The molecule has 3 heterocycles. The summed E-state index contributed by atoms with van der Waals surface area (Å²) in [5.74, 6) is -0.491. The normalized spacial score (nSPS) is 11.0. The Bertz CT molecular complexity index is 1300. The van der Waals surface area contributed by atoms with Crippen molar-refractivity contribution in [1.29, 1.82) is 0 Å². The van der Waals surface area contributed by atoms with Crippen molar-refractivity contribution in [3.63, 3.8) is 0 Å². The molecule has 0 atom stereocenters. The van der Waals surface area contributed by atoms with Crippen molar-refractivity contribution in [3.8, 4) is 17.1 Å². The first-order valence-electron chi connectivity index (χ1n) is 8.79. The quantitative estimate of drug-likeness (QED) is 0.554. The Balaban J connectivity index is 1.60. The van der Waals surface area contributed by atoms with E-state index in [9.17, 15) is 14.0 Å². The van der Waals surface area contributed by atoms with E-state index in [4.69, 9.17) is 9.15 Å². The highest BCUT2D eigenvalue weighted by Crippen LogP contribution is 2.21. The number of nitrogens with zero attached hydrogens (tertiary/aromatic N) is 3. The molecule has 0 unspecified atom stereocenters. The Morgan fingerprint density at radius 1 is 1.10 bits per heavy atom. The summed E-state index contributed by atoms with van der Waals surface area (Å²) in [6, 6.07) is 5.71. The second-order valence-electron chi connectivity index (χ2n) is 6.22. The zero-order chi connectivity index (χ0) is 20.4. The van der Waals surface area contributed by atoms with Crippen LogP contribution in [0.25, 0.3) is 22.2 Å². The highest BCUT2D eigenvalue weighted by molar-refractivity contribution is 5.75. The predicted molar refractivity (Wildman–Crippen MR) is 102 cm³/mol. The number of aromatic amines is 1. The van der Waals surface area contributed by atoms with Gasteiger partial charge < -0.3 is 9.15 Å². The van der Waals surface area contributed by atoms with Gasteiger partial charge in [0.25, 0.3) is 11.6 Å². The van der Waals surface area contributed by atoms with E-state index in [-0.39, 0.29) is 29.3 Å². The number of fused-ring (bicyclic) bond motifs is 1. The number of H-pyrrole nitrogens is 1. The van der Waals surface area contributed by atoms with Crippen LogP contribution in [0, 0.1) is 5.82 Å². The summed E-state index contributed by atoms with van der Waals surface area (Å²) in [4.78, 5) is 38.3. The molecule has 0 saturated carbocycles. The fourth-order valence-electron chi connectivity index (χ4n) is 2.91. The maximum absolute atomic E-state index is 14.4. The molecule has 146 valence electrons. The van der Waals surface area contributed by atoms with Crippen molar-refractivity contribution in [2.45, 2.75) is 20.0 Å². The second kappa shape index (κ2) is 7.63. The number of hydrogen-bond acceptors (Lipinski definition) is 7. The molecule has 3 aromatic heterocycles. The SMILES string of the molecule is CCc1cc(=O)oc2nc(OCc3ccc(-c4cncnc4)cc3F)[nH]c(=O)c12. The number of rotatable bonds is 5. The van der Waals surface area contributed by atoms with E-state index < -0.39 is 17.0 Å². The van der Waals surface area contributed by atoms with Gasteiger partial charge >= 0.3 is 5.63 Å². The molecule has 1 aromatic carbocycles. The van der Waals surface area contributed by atoms with E-state index >= 15 is 0 Å².